The fourth-order valence-corrected chi connectivity index (χ4v) is 1.70. The Hall–Kier alpha value is -0.220. The molecule has 2 atom stereocenters. The van der Waals surface area contributed by atoms with Gasteiger partial charge in [0.1, 0.15) is 11.7 Å². The van der Waals surface area contributed by atoms with Crippen molar-refractivity contribution in [3.8, 4) is 0 Å². The topological polar surface area (TPSA) is 17.1 Å². The van der Waals surface area contributed by atoms with E-state index in [1.54, 1.807) is 0 Å². The highest BCUT2D eigenvalue weighted by Crippen LogP contribution is 2.41. The highest BCUT2D eigenvalue weighted by atomic mass is 79.9. The maximum atomic E-state index is 13.3. The van der Waals surface area contributed by atoms with Crippen LogP contribution in [0.2, 0.25) is 0 Å². The molecule has 0 aliphatic heterocycles. The van der Waals surface area contributed by atoms with Crippen molar-refractivity contribution in [2.45, 2.75) is 4.58 Å². The van der Waals surface area contributed by atoms with Crippen molar-refractivity contribution in [3.05, 3.63) is 24.1 Å². The lowest BCUT2D eigenvalue weighted by Crippen LogP contribution is -2.31. The van der Waals surface area contributed by atoms with Gasteiger partial charge in [-0.25, -0.2) is 8.78 Å². The summed E-state index contributed by atoms with van der Waals surface area (Å²) in [6.45, 7) is 0. The van der Waals surface area contributed by atoms with Crippen molar-refractivity contribution in [2.24, 2.45) is 5.92 Å². The molecule has 1 nitrogen and oxygen atoms in total. The standard InChI is InChI=1S/C7H4BrClF2O/c8-7(11)4(6(9)12)2-1-3-5(7)10/h1-4H. The zero-order valence-electron chi connectivity index (χ0n) is 5.73. The van der Waals surface area contributed by atoms with Gasteiger partial charge in [-0.05, 0) is 33.6 Å². The first kappa shape index (κ1) is 9.86. The van der Waals surface area contributed by atoms with Crippen LogP contribution in [-0.4, -0.2) is 9.82 Å². The molecule has 66 valence electrons. The molecule has 0 saturated heterocycles. The van der Waals surface area contributed by atoms with E-state index in [4.69, 9.17) is 11.6 Å². The molecule has 2 unspecified atom stereocenters. The van der Waals surface area contributed by atoms with Gasteiger partial charge >= 0.3 is 0 Å². The van der Waals surface area contributed by atoms with E-state index < -0.39 is 21.6 Å². The van der Waals surface area contributed by atoms with Crippen molar-refractivity contribution in [2.75, 3.05) is 0 Å². The third kappa shape index (κ3) is 1.59. The molecule has 0 N–H and O–H groups in total. The van der Waals surface area contributed by atoms with Crippen LogP contribution in [-0.2, 0) is 4.79 Å². The van der Waals surface area contributed by atoms with Crippen LogP contribution in [0, 0.1) is 5.92 Å². The molecule has 0 aromatic heterocycles. The van der Waals surface area contributed by atoms with Gasteiger partial charge < -0.3 is 0 Å². The summed E-state index contributed by atoms with van der Waals surface area (Å²) in [5.41, 5.74) is 0. The third-order valence-electron chi connectivity index (χ3n) is 1.50. The maximum Gasteiger partial charge on any atom is 0.233 e. The lowest BCUT2D eigenvalue weighted by atomic mass is 9.99. The second-order valence-corrected chi connectivity index (χ2v) is 3.83. The zero-order chi connectivity index (χ0) is 9.35. The molecule has 0 spiro atoms. The first-order valence-corrected chi connectivity index (χ1v) is 4.25. The maximum absolute atomic E-state index is 13.3. The summed E-state index contributed by atoms with van der Waals surface area (Å²) in [6, 6.07) is 0. The second-order valence-electron chi connectivity index (χ2n) is 2.30. The molecule has 0 bridgehead atoms. The zero-order valence-corrected chi connectivity index (χ0v) is 8.07. The Morgan fingerprint density at radius 3 is 2.75 bits per heavy atom. The van der Waals surface area contributed by atoms with Gasteiger partial charge in [0.25, 0.3) is 0 Å². The number of rotatable bonds is 1. The van der Waals surface area contributed by atoms with Gasteiger partial charge in [0.2, 0.25) is 9.82 Å². The Morgan fingerprint density at radius 2 is 2.33 bits per heavy atom. The molecule has 0 aromatic carbocycles. The monoisotopic (exact) mass is 256 g/mol. The molecule has 1 rings (SSSR count). The number of hydrogen-bond acceptors (Lipinski definition) is 1. The molecule has 0 saturated carbocycles. The Labute approximate surface area is 81.2 Å². The normalized spacial score (nSPS) is 34.7. The van der Waals surface area contributed by atoms with E-state index in [1.807, 2.05) is 0 Å². The van der Waals surface area contributed by atoms with Crippen LogP contribution in [0.3, 0.4) is 0 Å². The molecule has 0 amide bonds. The van der Waals surface area contributed by atoms with Crippen LogP contribution in [0.1, 0.15) is 0 Å². The summed E-state index contributed by atoms with van der Waals surface area (Å²) in [7, 11) is 0. The molecule has 1 aliphatic carbocycles. The van der Waals surface area contributed by atoms with E-state index >= 15 is 0 Å². The summed E-state index contributed by atoms with van der Waals surface area (Å²) in [6.07, 6.45) is 3.39. The largest absolute Gasteiger partial charge is 0.280 e. The van der Waals surface area contributed by atoms with Crippen LogP contribution in [0.15, 0.2) is 24.1 Å². The van der Waals surface area contributed by atoms with E-state index in [0.717, 1.165) is 6.08 Å². The van der Waals surface area contributed by atoms with Crippen molar-refractivity contribution in [1.29, 1.82) is 0 Å². The highest BCUT2D eigenvalue weighted by Gasteiger charge is 2.44. The van der Waals surface area contributed by atoms with Gasteiger partial charge in [-0.15, -0.1) is 0 Å². The number of halogens is 4. The SMILES string of the molecule is O=C(Cl)C1C=CC=C(F)C1(F)Br. The Kier molecular flexibility index (Phi) is 2.68. The summed E-state index contributed by atoms with van der Waals surface area (Å²) in [5.74, 6) is -2.35. The number of carbonyl (C=O) groups is 1. The first-order chi connectivity index (χ1) is 5.46. The summed E-state index contributed by atoms with van der Waals surface area (Å²) >= 11 is 7.51. The minimum Gasteiger partial charge on any atom is -0.280 e. The smallest absolute Gasteiger partial charge is 0.233 e. The van der Waals surface area contributed by atoms with Crippen LogP contribution < -0.4 is 0 Å². The molecular formula is C7H4BrClF2O. The predicted molar refractivity (Wildman–Crippen MR) is 45.4 cm³/mol. The second kappa shape index (κ2) is 3.26. The third-order valence-corrected chi connectivity index (χ3v) is 2.61. The molecule has 0 aromatic rings. The first-order valence-electron chi connectivity index (χ1n) is 3.08. The van der Waals surface area contributed by atoms with Crippen molar-refractivity contribution in [3.63, 3.8) is 0 Å². The minimum atomic E-state index is -2.49. The van der Waals surface area contributed by atoms with Gasteiger partial charge in [0, 0.05) is 0 Å². The lowest BCUT2D eigenvalue weighted by molar-refractivity contribution is -0.115. The van der Waals surface area contributed by atoms with Gasteiger partial charge in [0.15, 0.2) is 0 Å². The molecule has 0 heterocycles. The van der Waals surface area contributed by atoms with E-state index in [-0.39, 0.29) is 0 Å². The van der Waals surface area contributed by atoms with Crippen molar-refractivity contribution in [1.82, 2.24) is 0 Å². The number of hydrogen-bond donors (Lipinski definition) is 0. The average Bonchev–Trinajstić information content (AvgIpc) is 1.94. The summed E-state index contributed by atoms with van der Waals surface area (Å²) in [4.78, 5) is 10.6. The predicted octanol–water partition coefficient (Wildman–Crippen LogP) is 2.85. The molecule has 0 fully saturated rings. The van der Waals surface area contributed by atoms with E-state index in [0.29, 0.717) is 0 Å². The minimum absolute atomic E-state index is 0.936. The van der Waals surface area contributed by atoms with Gasteiger partial charge in [-0.3, -0.25) is 4.79 Å². The molecule has 0 radical (unpaired) electrons. The summed E-state index contributed by atoms with van der Waals surface area (Å²) < 4.78 is 23.6. The summed E-state index contributed by atoms with van der Waals surface area (Å²) in [5, 5.41) is -0.936. The van der Waals surface area contributed by atoms with Crippen LogP contribution in [0.25, 0.3) is 0 Å². The lowest BCUT2D eigenvalue weighted by Gasteiger charge is -2.23. The fourth-order valence-electron chi connectivity index (χ4n) is 0.850. The molecule has 1 aliphatic rings. The quantitative estimate of drug-likeness (QED) is 0.521. The van der Waals surface area contributed by atoms with E-state index in [1.165, 1.54) is 12.2 Å². The van der Waals surface area contributed by atoms with Gasteiger partial charge in [-0.1, -0.05) is 12.2 Å². The Balaban J connectivity index is 3.01. The van der Waals surface area contributed by atoms with Crippen LogP contribution in [0.5, 0.6) is 0 Å². The number of carbonyl (C=O) groups excluding carboxylic acids is 1. The van der Waals surface area contributed by atoms with Crippen LogP contribution >= 0.6 is 27.5 Å². The van der Waals surface area contributed by atoms with Gasteiger partial charge in [-0.2, -0.15) is 0 Å². The van der Waals surface area contributed by atoms with E-state index in [2.05, 4.69) is 15.9 Å². The molecule has 5 heteroatoms. The Bertz CT molecular complexity index is 273. The van der Waals surface area contributed by atoms with Crippen molar-refractivity contribution >= 4 is 32.8 Å². The van der Waals surface area contributed by atoms with E-state index in [9.17, 15) is 13.6 Å². The highest BCUT2D eigenvalue weighted by molar-refractivity contribution is 9.10. The van der Waals surface area contributed by atoms with Crippen molar-refractivity contribution < 1.29 is 13.6 Å². The number of alkyl halides is 2. The van der Waals surface area contributed by atoms with Crippen LogP contribution in [0.4, 0.5) is 8.78 Å². The molecule has 12 heavy (non-hydrogen) atoms. The fraction of sp³-hybridized carbons (Fsp3) is 0.286. The van der Waals surface area contributed by atoms with Gasteiger partial charge in [0.05, 0.1) is 0 Å². The number of allylic oxidation sites excluding steroid dienone is 4. The molecular weight excluding hydrogens is 253 g/mol. The Morgan fingerprint density at radius 1 is 1.75 bits per heavy atom. The average molecular weight is 257 g/mol.